The van der Waals surface area contributed by atoms with Crippen LogP contribution in [-0.4, -0.2) is 18.0 Å². The summed E-state index contributed by atoms with van der Waals surface area (Å²) in [6.45, 7) is 0.204. The molecule has 0 unspecified atom stereocenters. The second-order valence-electron chi connectivity index (χ2n) is 5.18. The fourth-order valence-electron chi connectivity index (χ4n) is 2.27. The molecule has 3 rings (SSSR count). The van der Waals surface area contributed by atoms with Gasteiger partial charge in [-0.3, -0.25) is 0 Å². The first-order valence-corrected chi connectivity index (χ1v) is 8.98. The van der Waals surface area contributed by atoms with Crippen LogP contribution in [0.1, 0.15) is 11.1 Å². The van der Waals surface area contributed by atoms with Crippen LogP contribution in [0.3, 0.4) is 0 Å². The summed E-state index contributed by atoms with van der Waals surface area (Å²) in [5.41, 5.74) is 2.60. The summed E-state index contributed by atoms with van der Waals surface area (Å²) in [5, 5.41) is 1.18. The summed E-state index contributed by atoms with van der Waals surface area (Å²) in [6, 6.07) is 16.9. The van der Waals surface area contributed by atoms with Gasteiger partial charge in [-0.15, -0.1) is 0 Å². The highest BCUT2D eigenvalue weighted by atomic mass is 32.2. The summed E-state index contributed by atoms with van der Waals surface area (Å²) in [6.07, 6.45) is 6.76. The van der Waals surface area contributed by atoms with E-state index in [-0.39, 0.29) is 6.54 Å². The maximum Gasteiger partial charge on any atom is 0.234 e. The standard InChI is InChI=1S/C18H17N3O2S/c22-24(23,13-10-16-6-2-1-3-7-16)20-14-17-8-4-5-9-18(17)21-12-11-19-15-21/h1-13,15,20H,14H2/b13-10-. The number of benzene rings is 2. The first-order valence-electron chi connectivity index (χ1n) is 7.43. The van der Waals surface area contributed by atoms with E-state index in [1.165, 1.54) is 5.41 Å². The van der Waals surface area contributed by atoms with E-state index < -0.39 is 10.0 Å². The lowest BCUT2D eigenvalue weighted by Crippen LogP contribution is -2.21. The van der Waals surface area contributed by atoms with Gasteiger partial charge in [0.25, 0.3) is 0 Å². The van der Waals surface area contributed by atoms with Gasteiger partial charge >= 0.3 is 0 Å². The number of imidazole rings is 1. The predicted octanol–water partition coefficient (Wildman–Crippen LogP) is 2.96. The van der Waals surface area contributed by atoms with Gasteiger partial charge < -0.3 is 4.57 Å². The van der Waals surface area contributed by atoms with Crippen LogP contribution in [0, 0.1) is 0 Å². The van der Waals surface area contributed by atoms with Crippen LogP contribution >= 0.6 is 0 Å². The minimum atomic E-state index is -3.52. The zero-order chi connectivity index (χ0) is 16.8. The van der Waals surface area contributed by atoms with E-state index in [9.17, 15) is 8.42 Å². The molecule has 0 aliphatic heterocycles. The molecular weight excluding hydrogens is 322 g/mol. The van der Waals surface area contributed by atoms with Crippen molar-refractivity contribution in [3.63, 3.8) is 0 Å². The molecule has 0 saturated heterocycles. The van der Waals surface area contributed by atoms with E-state index in [2.05, 4.69) is 9.71 Å². The maximum atomic E-state index is 12.2. The second-order valence-corrected chi connectivity index (χ2v) is 6.83. The predicted molar refractivity (Wildman–Crippen MR) is 94.8 cm³/mol. The van der Waals surface area contributed by atoms with Crippen LogP contribution in [0.5, 0.6) is 0 Å². The first kappa shape index (κ1) is 16.2. The minimum Gasteiger partial charge on any atom is -0.306 e. The fraction of sp³-hybridized carbons (Fsp3) is 0.0556. The zero-order valence-corrected chi connectivity index (χ0v) is 13.7. The Hall–Kier alpha value is -2.70. The maximum absolute atomic E-state index is 12.2. The molecular formula is C18H17N3O2S. The highest BCUT2D eigenvalue weighted by Gasteiger charge is 2.08. The molecule has 1 N–H and O–H groups in total. The fourth-order valence-corrected chi connectivity index (χ4v) is 3.06. The van der Waals surface area contributed by atoms with E-state index in [1.807, 2.05) is 65.4 Å². The third-order valence-corrected chi connectivity index (χ3v) is 4.52. The van der Waals surface area contributed by atoms with Gasteiger partial charge in [0.15, 0.2) is 0 Å². The molecule has 3 aromatic rings. The molecule has 24 heavy (non-hydrogen) atoms. The van der Waals surface area contributed by atoms with Gasteiger partial charge in [0.1, 0.15) is 0 Å². The number of hydrogen-bond acceptors (Lipinski definition) is 3. The Labute approximate surface area is 141 Å². The molecule has 0 amide bonds. The molecule has 0 radical (unpaired) electrons. The number of hydrogen-bond donors (Lipinski definition) is 1. The van der Waals surface area contributed by atoms with Crippen molar-refractivity contribution < 1.29 is 8.42 Å². The molecule has 122 valence electrons. The van der Waals surface area contributed by atoms with Gasteiger partial charge in [-0.25, -0.2) is 18.1 Å². The molecule has 0 spiro atoms. The average molecular weight is 339 g/mol. The third-order valence-electron chi connectivity index (χ3n) is 3.48. The van der Waals surface area contributed by atoms with E-state index in [0.29, 0.717) is 0 Å². The largest absolute Gasteiger partial charge is 0.306 e. The number of aromatic nitrogens is 2. The van der Waals surface area contributed by atoms with Gasteiger partial charge in [0, 0.05) is 24.3 Å². The summed E-state index contributed by atoms with van der Waals surface area (Å²) in [5.74, 6) is 0. The van der Waals surface area contributed by atoms with E-state index >= 15 is 0 Å². The summed E-state index contributed by atoms with van der Waals surface area (Å²) < 4.78 is 28.8. The lowest BCUT2D eigenvalue weighted by atomic mass is 10.2. The highest BCUT2D eigenvalue weighted by molar-refractivity contribution is 7.92. The Morgan fingerprint density at radius 3 is 2.54 bits per heavy atom. The Morgan fingerprint density at radius 1 is 1.04 bits per heavy atom. The summed E-state index contributed by atoms with van der Waals surface area (Å²) in [4.78, 5) is 4.02. The third kappa shape index (κ3) is 4.18. The quantitative estimate of drug-likeness (QED) is 0.751. The lowest BCUT2D eigenvalue weighted by Gasteiger charge is -2.10. The Kier molecular flexibility index (Phi) is 4.88. The number of nitrogens with zero attached hydrogens (tertiary/aromatic N) is 2. The van der Waals surface area contributed by atoms with E-state index in [1.54, 1.807) is 18.6 Å². The van der Waals surface area contributed by atoms with Crippen LogP contribution in [0.25, 0.3) is 11.8 Å². The van der Waals surface area contributed by atoms with Gasteiger partial charge in [-0.05, 0) is 23.3 Å². The molecule has 0 aliphatic carbocycles. The number of nitrogens with one attached hydrogen (secondary N) is 1. The molecule has 5 nitrogen and oxygen atoms in total. The Balaban J connectivity index is 1.73. The normalized spacial score (nSPS) is 11.8. The van der Waals surface area contributed by atoms with Crippen LogP contribution in [0.4, 0.5) is 0 Å². The highest BCUT2D eigenvalue weighted by Crippen LogP contribution is 2.14. The van der Waals surface area contributed by atoms with Gasteiger partial charge in [-0.1, -0.05) is 48.5 Å². The molecule has 0 atom stereocenters. The van der Waals surface area contributed by atoms with Crippen molar-refractivity contribution in [1.82, 2.24) is 14.3 Å². The van der Waals surface area contributed by atoms with Gasteiger partial charge in [0.05, 0.1) is 12.0 Å². The number of para-hydroxylation sites is 1. The first-order chi connectivity index (χ1) is 11.6. The van der Waals surface area contributed by atoms with Gasteiger partial charge in [-0.2, -0.15) is 0 Å². The molecule has 0 bridgehead atoms. The molecule has 0 saturated carbocycles. The number of rotatable bonds is 6. The van der Waals surface area contributed by atoms with Crippen LogP contribution in [0.2, 0.25) is 0 Å². The molecule has 6 heteroatoms. The Morgan fingerprint density at radius 2 is 1.79 bits per heavy atom. The van der Waals surface area contributed by atoms with E-state index in [0.717, 1.165) is 16.8 Å². The smallest absolute Gasteiger partial charge is 0.234 e. The monoisotopic (exact) mass is 339 g/mol. The SMILES string of the molecule is O=S(=O)(/C=C\c1ccccc1)NCc1ccccc1-n1ccnc1. The molecule has 2 aromatic carbocycles. The van der Waals surface area contributed by atoms with Crippen molar-refractivity contribution in [2.24, 2.45) is 0 Å². The topological polar surface area (TPSA) is 64.0 Å². The molecule has 1 aromatic heterocycles. The van der Waals surface area contributed by atoms with Crippen LogP contribution in [-0.2, 0) is 16.6 Å². The minimum absolute atomic E-state index is 0.204. The van der Waals surface area contributed by atoms with Crippen molar-refractivity contribution in [3.8, 4) is 5.69 Å². The summed E-state index contributed by atoms with van der Waals surface area (Å²) >= 11 is 0. The zero-order valence-electron chi connectivity index (χ0n) is 12.9. The van der Waals surface area contributed by atoms with Crippen molar-refractivity contribution in [1.29, 1.82) is 0 Å². The Bertz CT molecular complexity index is 918. The van der Waals surface area contributed by atoms with Crippen molar-refractivity contribution in [2.45, 2.75) is 6.54 Å². The lowest BCUT2D eigenvalue weighted by molar-refractivity contribution is 0.590. The van der Waals surface area contributed by atoms with Crippen LogP contribution in [0.15, 0.2) is 78.7 Å². The van der Waals surface area contributed by atoms with Crippen LogP contribution < -0.4 is 4.72 Å². The summed E-state index contributed by atoms with van der Waals surface area (Å²) in [7, 11) is -3.52. The van der Waals surface area contributed by atoms with Crippen molar-refractivity contribution in [2.75, 3.05) is 0 Å². The molecule has 1 heterocycles. The van der Waals surface area contributed by atoms with Gasteiger partial charge in [0.2, 0.25) is 10.0 Å². The molecule has 0 fully saturated rings. The van der Waals surface area contributed by atoms with E-state index in [4.69, 9.17) is 0 Å². The second kappa shape index (κ2) is 7.25. The average Bonchev–Trinajstić information content (AvgIpc) is 3.14. The number of sulfonamides is 1. The van der Waals surface area contributed by atoms with Crippen molar-refractivity contribution in [3.05, 3.63) is 89.9 Å². The van der Waals surface area contributed by atoms with Crippen molar-refractivity contribution >= 4 is 16.1 Å². The molecule has 0 aliphatic rings.